The monoisotopic (exact) mass is 252 g/mol. The van der Waals surface area contributed by atoms with E-state index in [9.17, 15) is 4.79 Å². The maximum absolute atomic E-state index is 11.6. The first-order valence-corrected chi connectivity index (χ1v) is 5.75. The van der Waals surface area contributed by atoms with E-state index in [0.717, 1.165) is 15.8 Å². The van der Waals surface area contributed by atoms with E-state index in [1.807, 2.05) is 18.2 Å². The van der Waals surface area contributed by atoms with Crippen LogP contribution in [0.1, 0.15) is 9.67 Å². The standard InChI is InChI=1S/C12H12O4S/c1-14-7-4-5-9-8(6-7)10(15-2)11(17-9)12(13)16-3/h4-6H,1-3H3. The zero-order valence-electron chi connectivity index (χ0n) is 9.77. The van der Waals surface area contributed by atoms with Crippen LogP contribution in [0.4, 0.5) is 0 Å². The van der Waals surface area contributed by atoms with Crippen molar-refractivity contribution in [2.24, 2.45) is 0 Å². The zero-order valence-corrected chi connectivity index (χ0v) is 10.6. The van der Waals surface area contributed by atoms with Gasteiger partial charge >= 0.3 is 5.97 Å². The molecule has 0 fully saturated rings. The Labute approximate surface area is 103 Å². The molecule has 0 N–H and O–H groups in total. The van der Waals surface area contributed by atoms with Crippen molar-refractivity contribution in [3.8, 4) is 11.5 Å². The van der Waals surface area contributed by atoms with Gasteiger partial charge in [-0.25, -0.2) is 4.79 Å². The number of fused-ring (bicyclic) bond motifs is 1. The summed E-state index contributed by atoms with van der Waals surface area (Å²) in [5, 5.41) is 0.859. The molecule has 2 rings (SSSR count). The second kappa shape index (κ2) is 4.63. The molecule has 0 unspecified atom stereocenters. The first-order valence-electron chi connectivity index (χ1n) is 4.94. The number of carbonyl (C=O) groups excluding carboxylic acids is 1. The molecule has 0 bridgehead atoms. The molecule has 0 aliphatic carbocycles. The van der Waals surface area contributed by atoms with Crippen molar-refractivity contribution >= 4 is 27.4 Å². The topological polar surface area (TPSA) is 44.8 Å². The van der Waals surface area contributed by atoms with E-state index in [1.54, 1.807) is 7.11 Å². The number of methoxy groups -OCH3 is 3. The van der Waals surface area contributed by atoms with Crippen molar-refractivity contribution in [3.05, 3.63) is 23.1 Å². The SMILES string of the molecule is COC(=O)c1sc2ccc(OC)cc2c1OC. The molecule has 5 heteroatoms. The van der Waals surface area contributed by atoms with Gasteiger partial charge in [0.1, 0.15) is 5.75 Å². The fourth-order valence-electron chi connectivity index (χ4n) is 1.61. The number of hydrogen-bond acceptors (Lipinski definition) is 5. The molecule has 0 amide bonds. The van der Waals surface area contributed by atoms with E-state index in [1.165, 1.54) is 25.6 Å². The molecule has 0 saturated carbocycles. The lowest BCUT2D eigenvalue weighted by atomic mass is 10.2. The van der Waals surface area contributed by atoms with Gasteiger partial charge in [0.2, 0.25) is 0 Å². The summed E-state index contributed by atoms with van der Waals surface area (Å²) in [6.07, 6.45) is 0. The van der Waals surface area contributed by atoms with Crippen LogP contribution in [0.25, 0.3) is 10.1 Å². The predicted octanol–water partition coefficient (Wildman–Crippen LogP) is 2.71. The number of ether oxygens (including phenoxy) is 3. The third-order valence-corrected chi connectivity index (χ3v) is 3.56. The normalized spacial score (nSPS) is 10.3. The Hall–Kier alpha value is -1.75. The lowest BCUT2D eigenvalue weighted by Gasteiger charge is -2.02. The summed E-state index contributed by atoms with van der Waals surface area (Å²) in [6.45, 7) is 0. The molecule has 1 aromatic carbocycles. The van der Waals surface area contributed by atoms with E-state index in [0.29, 0.717) is 10.6 Å². The van der Waals surface area contributed by atoms with Crippen LogP contribution in [-0.2, 0) is 4.74 Å². The van der Waals surface area contributed by atoms with Crippen LogP contribution >= 0.6 is 11.3 Å². The number of thiophene rings is 1. The highest BCUT2D eigenvalue weighted by molar-refractivity contribution is 7.21. The van der Waals surface area contributed by atoms with E-state index >= 15 is 0 Å². The molecule has 0 aliphatic heterocycles. The van der Waals surface area contributed by atoms with Gasteiger partial charge in [0, 0.05) is 10.1 Å². The molecule has 90 valence electrons. The molecule has 2 aromatic rings. The van der Waals surface area contributed by atoms with Crippen LogP contribution < -0.4 is 9.47 Å². The van der Waals surface area contributed by atoms with Gasteiger partial charge < -0.3 is 14.2 Å². The van der Waals surface area contributed by atoms with Crippen LogP contribution in [0, 0.1) is 0 Å². The first-order chi connectivity index (χ1) is 8.21. The Balaban J connectivity index is 2.67. The Morgan fingerprint density at radius 1 is 1.18 bits per heavy atom. The van der Waals surface area contributed by atoms with Crippen molar-refractivity contribution in [1.82, 2.24) is 0 Å². The highest BCUT2D eigenvalue weighted by Crippen LogP contribution is 2.39. The minimum atomic E-state index is -0.387. The summed E-state index contributed by atoms with van der Waals surface area (Å²) >= 11 is 1.35. The Morgan fingerprint density at radius 2 is 1.94 bits per heavy atom. The van der Waals surface area contributed by atoms with Gasteiger partial charge in [0.25, 0.3) is 0 Å². The highest BCUT2D eigenvalue weighted by atomic mass is 32.1. The smallest absolute Gasteiger partial charge is 0.351 e. The lowest BCUT2D eigenvalue weighted by molar-refractivity contribution is 0.0603. The summed E-state index contributed by atoms with van der Waals surface area (Å²) in [4.78, 5) is 12.1. The molecular weight excluding hydrogens is 240 g/mol. The highest BCUT2D eigenvalue weighted by Gasteiger charge is 2.20. The summed E-state index contributed by atoms with van der Waals surface area (Å²) in [5.74, 6) is 0.878. The van der Waals surface area contributed by atoms with Gasteiger partial charge in [-0.3, -0.25) is 0 Å². The van der Waals surface area contributed by atoms with Gasteiger partial charge in [-0.05, 0) is 18.2 Å². The third kappa shape index (κ3) is 1.93. The van der Waals surface area contributed by atoms with Crippen molar-refractivity contribution < 1.29 is 19.0 Å². The maximum Gasteiger partial charge on any atom is 0.351 e. The minimum Gasteiger partial charge on any atom is -0.497 e. The average Bonchev–Trinajstić information content (AvgIpc) is 2.74. The van der Waals surface area contributed by atoms with E-state index < -0.39 is 0 Å². The maximum atomic E-state index is 11.6. The molecule has 0 saturated heterocycles. The molecule has 1 heterocycles. The Bertz CT molecular complexity index is 559. The van der Waals surface area contributed by atoms with E-state index in [-0.39, 0.29) is 5.97 Å². The van der Waals surface area contributed by atoms with Gasteiger partial charge in [-0.1, -0.05) is 0 Å². The second-order valence-corrected chi connectivity index (χ2v) is 4.37. The number of rotatable bonds is 3. The zero-order chi connectivity index (χ0) is 12.4. The van der Waals surface area contributed by atoms with Crippen molar-refractivity contribution in [1.29, 1.82) is 0 Å². The lowest BCUT2D eigenvalue weighted by Crippen LogP contribution is -2.00. The molecule has 0 aliphatic rings. The summed E-state index contributed by atoms with van der Waals surface area (Å²) in [5.41, 5.74) is 0. The van der Waals surface area contributed by atoms with Crippen LogP contribution in [0.15, 0.2) is 18.2 Å². The molecular formula is C12H12O4S. The number of carbonyl (C=O) groups is 1. The van der Waals surface area contributed by atoms with E-state index in [4.69, 9.17) is 14.2 Å². The van der Waals surface area contributed by atoms with Crippen molar-refractivity contribution in [2.45, 2.75) is 0 Å². The average molecular weight is 252 g/mol. The molecule has 0 radical (unpaired) electrons. The molecule has 0 atom stereocenters. The summed E-state index contributed by atoms with van der Waals surface area (Å²) < 4.78 is 16.1. The van der Waals surface area contributed by atoms with Gasteiger partial charge in [-0.2, -0.15) is 0 Å². The number of benzene rings is 1. The molecule has 1 aromatic heterocycles. The summed E-state index contributed by atoms with van der Waals surface area (Å²) in [7, 11) is 4.49. The molecule has 4 nitrogen and oxygen atoms in total. The quantitative estimate of drug-likeness (QED) is 0.788. The largest absolute Gasteiger partial charge is 0.497 e. The van der Waals surface area contributed by atoms with Crippen LogP contribution in [0.5, 0.6) is 11.5 Å². The van der Waals surface area contributed by atoms with Crippen LogP contribution in [-0.4, -0.2) is 27.3 Å². The fourth-order valence-corrected chi connectivity index (χ4v) is 2.68. The van der Waals surface area contributed by atoms with Gasteiger partial charge in [-0.15, -0.1) is 11.3 Å². The van der Waals surface area contributed by atoms with Crippen molar-refractivity contribution in [3.63, 3.8) is 0 Å². The fraction of sp³-hybridized carbons (Fsp3) is 0.250. The van der Waals surface area contributed by atoms with Crippen molar-refractivity contribution in [2.75, 3.05) is 21.3 Å². The first kappa shape index (κ1) is 11.7. The van der Waals surface area contributed by atoms with Gasteiger partial charge in [0.05, 0.1) is 21.3 Å². The van der Waals surface area contributed by atoms with Crippen LogP contribution in [0.2, 0.25) is 0 Å². The summed E-state index contributed by atoms with van der Waals surface area (Å²) in [6, 6.07) is 5.59. The Kier molecular flexibility index (Phi) is 3.19. The molecule has 0 spiro atoms. The van der Waals surface area contributed by atoms with Gasteiger partial charge in [0.15, 0.2) is 10.6 Å². The minimum absolute atomic E-state index is 0.387. The van der Waals surface area contributed by atoms with E-state index in [2.05, 4.69) is 0 Å². The second-order valence-electron chi connectivity index (χ2n) is 3.32. The molecule has 17 heavy (non-hydrogen) atoms. The third-order valence-electron chi connectivity index (χ3n) is 2.42. The number of hydrogen-bond donors (Lipinski definition) is 0. The number of esters is 1. The predicted molar refractivity (Wildman–Crippen MR) is 66.3 cm³/mol. The Morgan fingerprint density at radius 3 is 2.53 bits per heavy atom. The van der Waals surface area contributed by atoms with Crippen LogP contribution in [0.3, 0.4) is 0 Å².